The smallest absolute Gasteiger partial charge is 0.267 e. The molecule has 1 aromatic rings. The summed E-state index contributed by atoms with van der Waals surface area (Å²) in [5, 5.41) is 8.88. The van der Waals surface area contributed by atoms with Crippen LogP contribution < -0.4 is 9.47 Å². The van der Waals surface area contributed by atoms with E-state index < -0.39 is 6.10 Å². The molecule has 1 atom stereocenters. The van der Waals surface area contributed by atoms with Crippen molar-refractivity contribution < 1.29 is 14.3 Å². The Bertz CT molecular complexity index is 544. The number of rotatable bonds is 1. The molecule has 2 aliphatic rings. The number of ether oxygens (including phenoxy) is 2. The summed E-state index contributed by atoms with van der Waals surface area (Å²) in [5.41, 5.74) is 0. The zero-order valence-electron chi connectivity index (χ0n) is 11.1. The van der Waals surface area contributed by atoms with E-state index in [-0.39, 0.29) is 18.4 Å². The first kappa shape index (κ1) is 12.8. The van der Waals surface area contributed by atoms with Crippen molar-refractivity contribution >= 4 is 5.91 Å². The van der Waals surface area contributed by atoms with E-state index in [0.29, 0.717) is 24.6 Å². The lowest BCUT2D eigenvalue weighted by molar-refractivity contribution is -0.142. The molecule has 0 aliphatic carbocycles. The summed E-state index contributed by atoms with van der Waals surface area (Å²) in [5.74, 6) is 1.32. The van der Waals surface area contributed by atoms with E-state index in [0.717, 1.165) is 12.8 Å². The van der Waals surface area contributed by atoms with Crippen LogP contribution >= 0.6 is 0 Å². The van der Waals surface area contributed by atoms with Crippen molar-refractivity contribution in [3.05, 3.63) is 24.3 Å². The molecule has 1 saturated heterocycles. The molecule has 1 unspecified atom stereocenters. The lowest BCUT2D eigenvalue weighted by Crippen LogP contribution is -2.49. The highest BCUT2D eigenvalue weighted by molar-refractivity contribution is 5.82. The average Bonchev–Trinajstić information content (AvgIpc) is 2.54. The van der Waals surface area contributed by atoms with E-state index >= 15 is 0 Å². The predicted octanol–water partition coefficient (Wildman–Crippen LogP) is 1.59. The number of amides is 1. The number of benzene rings is 1. The second-order valence-electron chi connectivity index (χ2n) is 5.09. The van der Waals surface area contributed by atoms with Gasteiger partial charge in [-0.25, -0.2) is 0 Å². The summed E-state index contributed by atoms with van der Waals surface area (Å²) >= 11 is 0. The molecule has 2 aliphatic heterocycles. The molecule has 2 heterocycles. The van der Waals surface area contributed by atoms with Gasteiger partial charge in [-0.1, -0.05) is 12.1 Å². The third kappa shape index (κ3) is 2.42. The van der Waals surface area contributed by atoms with Crippen molar-refractivity contribution in [3.8, 4) is 17.6 Å². The van der Waals surface area contributed by atoms with Gasteiger partial charge in [0.25, 0.3) is 5.91 Å². The van der Waals surface area contributed by atoms with Gasteiger partial charge in [0, 0.05) is 19.0 Å². The Morgan fingerprint density at radius 1 is 1.25 bits per heavy atom. The Morgan fingerprint density at radius 3 is 2.65 bits per heavy atom. The van der Waals surface area contributed by atoms with E-state index in [9.17, 15) is 4.79 Å². The second kappa shape index (κ2) is 5.41. The van der Waals surface area contributed by atoms with Crippen LogP contribution in [0.4, 0.5) is 0 Å². The van der Waals surface area contributed by atoms with Gasteiger partial charge in [-0.2, -0.15) is 5.26 Å². The fraction of sp³-hybridized carbons (Fsp3) is 0.467. The fourth-order valence-corrected chi connectivity index (χ4v) is 2.57. The van der Waals surface area contributed by atoms with Crippen molar-refractivity contribution in [2.45, 2.75) is 18.9 Å². The van der Waals surface area contributed by atoms with Gasteiger partial charge in [0.05, 0.1) is 6.07 Å². The van der Waals surface area contributed by atoms with Gasteiger partial charge in [0.1, 0.15) is 6.61 Å². The number of likely N-dealkylation sites (tertiary alicyclic amines) is 1. The molecule has 0 aromatic heterocycles. The second-order valence-corrected chi connectivity index (χ2v) is 5.09. The van der Waals surface area contributed by atoms with Gasteiger partial charge in [-0.3, -0.25) is 4.79 Å². The number of nitrogens with zero attached hydrogens (tertiary/aromatic N) is 2. The van der Waals surface area contributed by atoms with Crippen LogP contribution in [0.1, 0.15) is 12.8 Å². The summed E-state index contributed by atoms with van der Waals surface area (Å²) in [6, 6.07) is 9.62. The Hall–Kier alpha value is -2.22. The molecular weight excluding hydrogens is 256 g/mol. The molecule has 0 spiro atoms. The van der Waals surface area contributed by atoms with Crippen LogP contribution in [0.5, 0.6) is 11.5 Å². The highest BCUT2D eigenvalue weighted by Crippen LogP contribution is 2.31. The number of carbonyl (C=O) groups excluding carboxylic acids is 1. The molecule has 3 rings (SSSR count). The first-order valence-corrected chi connectivity index (χ1v) is 6.85. The maximum Gasteiger partial charge on any atom is 0.267 e. The molecule has 5 heteroatoms. The third-order valence-electron chi connectivity index (χ3n) is 3.77. The topological polar surface area (TPSA) is 62.6 Å². The minimum atomic E-state index is -0.580. The zero-order chi connectivity index (χ0) is 13.9. The minimum absolute atomic E-state index is 0.0455. The molecule has 1 aromatic carbocycles. The standard InChI is InChI=1S/C15H16N2O3/c16-9-11-5-7-17(8-6-11)15(18)14-10-19-12-3-1-2-4-13(12)20-14/h1-4,11,14H,5-8,10H2. The van der Waals surface area contributed by atoms with Crippen LogP contribution in [0.15, 0.2) is 24.3 Å². The van der Waals surface area contributed by atoms with Crippen molar-refractivity contribution in [1.29, 1.82) is 5.26 Å². The van der Waals surface area contributed by atoms with Crippen LogP contribution in [-0.2, 0) is 4.79 Å². The van der Waals surface area contributed by atoms with Crippen molar-refractivity contribution in [1.82, 2.24) is 4.90 Å². The van der Waals surface area contributed by atoms with Gasteiger partial charge in [-0.15, -0.1) is 0 Å². The number of nitriles is 1. The summed E-state index contributed by atoms with van der Waals surface area (Å²) in [7, 11) is 0. The minimum Gasteiger partial charge on any atom is -0.485 e. The molecule has 1 amide bonds. The van der Waals surface area contributed by atoms with Crippen LogP contribution in [0, 0.1) is 17.2 Å². The lowest BCUT2D eigenvalue weighted by Gasteiger charge is -2.33. The van der Waals surface area contributed by atoms with Crippen LogP contribution in [0.3, 0.4) is 0 Å². The SMILES string of the molecule is N#CC1CCN(C(=O)C2COc3ccccc3O2)CC1. The molecule has 5 nitrogen and oxygen atoms in total. The van der Waals surface area contributed by atoms with Crippen LogP contribution in [0.25, 0.3) is 0 Å². The van der Waals surface area contributed by atoms with E-state index in [1.165, 1.54) is 0 Å². The Labute approximate surface area is 117 Å². The quantitative estimate of drug-likeness (QED) is 0.779. The normalized spacial score (nSPS) is 22.1. The van der Waals surface area contributed by atoms with E-state index in [4.69, 9.17) is 14.7 Å². The van der Waals surface area contributed by atoms with Crippen molar-refractivity contribution in [3.63, 3.8) is 0 Å². The number of fused-ring (bicyclic) bond motifs is 1. The Kier molecular flexibility index (Phi) is 3.46. The van der Waals surface area contributed by atoms with Gasteiger partial charge in [0.2, 0.25) is 6.10 Å². The van der Waals surface area contributed by atoms with Crippen molar-refractivity contribution in [2.75, 3.05) is 19.7 Å². The Morgan fingerprint density at radius 2 is 1.95 bits per heavy atom. The molecule has 0 radical (unpaired) electrons. The molecule has 0 saturated carbocycles. The highest BCUT2D eigenvalue weighted by atomic mass is 16.6. The van der Waals surface area contributed by atoms with Crippen molar-refractivity contribution in [2.24, 2.45) is 5.92 Å². The van der Waals surface area contributed by atoms with Gasteiger partial charge < -0.3 is 14.4 Å². The summed E-state index contributed by atoms with van der Waals surface area (Å²) in [6.45, 7) is 1.49. The summed E-state index contributed by atoms with van der Waals surface area (Å²) in [4.78, 5) is 14.2. The van der Waals surface area contributed by atoms with Crippen LogP contribution in [0.2, 0.25) is 0 Å². The van der Waals surface area contributed by atoms with Crippen LogP contribution in [-0.4, -0.2) is 36.6 Å². The lowest BCUT2D eigenvalue weighted by atomic mass is 9.98. The first-order chi connectivity index (χ1) is 9.78. The monoisotopic (exact) mass is 272 g/mol. The highest BCUT2D eigenvalue weighted by Gasteiger charge is 2.32. The van der Waals surface area contributed by atoms with E-state index in [1.807, 2.05) is 18.2 Å². The molecule has 0 N–H and O–H groups in total. The van der Waals surface area contributed by atoms with Gasteiger partial charge in [-0.05, 0) is 25.0 Å². The number of para-hydroxylation sites is 2. The Balaban J connectivity index is 1.64. The number of carbonyl (C=O) groups is 1. The molecule has 0 bridgehead atoms. The molecular formula is C15H16N2O3. The number of hydrogen-bond donors (Lipinski definition) is 0. The summed E-state index contributed by atoms with van der Waals surface area (Å²) < 4.78 is 11.3. The maximum atomic E-state index is 12.4. The fourth-order valence-electron chi connectivity index (χ4n) is 2.57. The first-order valence-electron chi connectivity index (χ1n) is 6.85. The van der Waals surface area contributed by atoms with E-state index in [1.54, 1.807) is 11.0 Å². The maximum absolute atomic E-state index is 12.4. The third-order valence-corrected chi connectivity index (χ3v) is 3.77. The molecule has 104 valence electrons. The average molecular weight is 272 g/mol. The van der Waals surface area contributed by atoms with Gasteiger partial charge >= 0.3 is 0 Å². The predicted molar refractivity (Wildman–Crippen MR) is 71.3 cm³/mol. The zero-order valence-corrected chi connectivity index (χ0v) is 11.1. The summed E-state index contributed by atoms with van der Waals surface area (Å²) in [6.07, 6.45) is 0.905. The largest absolute Gasteiger partial charge is 0.485 e. The molecule has 20 heavy (non-hydrogen) atoms. The van der Waals surface area contributed by atoms with E-state index in [2.05, 4.69) is 6.07 Å². The number of piperidine rings is 1. The molecule has 1 fully saturated rings. The van der Waals surface area contributed by atoms with Gasteiger partial charge in [0.15, 0.2) is 11.5 Å². The number of hydrogen-bond acceptors (Lipinski definition) is 4.